The summed E-state index contributed by atoms with van der Waals surface area (Å²) in [7, 11) is -3.54. The Hall–Kier alpha value is -2.77. The van der Waals surface area contributed by atoms with E-state index in [1.165, 1.54) is 10.6 Å². The fraction of sp³-hybridized carbons (Fsp3) is 0.150. The van der Waals surface area contributed by atoms with Crippen LogP contribution in [0, 0.1) is 0 Å². The maximum absolute atomic E-state index is 12.3. The molecule has 8 heteroatoms. The number of nitrogens with one attached hydrogen (secondary N) is 1. The molecule has 28 heavy (non-hydrogen) atoms. The number of amides is 1. The van der Waals surface area contributed by atoms with Crippen molar-refractivity contribution in [1.82, 2.24) is 5.32 Å². The number of benzene rings is 2. The number of furan rings is 1. The zero-order chi connectivity index (χ0) is 20.1. The molecule has 1 heterocycles. The van der Waals surface area contributed by atoms with Crippen LogP contribution in [0.2, 0.25) is 5.02 Å². The number of rotatable bonds is 7. The molecule has 0 aliphatic heterocycles. The summed E-state index contributed by atoms with van der Waals surface area (Å²) >= 11 is 6.17. The second kappa shape index (κ2) is 8.50. The van der Waals surface area contributed by atoms with Gasteiger partial charge in [-0.15, -0.1) is 0 Å². The monoisotopic (exact) mass is 418 g/mol. The van der Waals surface area contributed by atoms with Crippen LogP contribution in [0.3, 0.4) is 0 Å². The first kappa shape index (κ1) is 20.0. The molecule has 146 valence electrons. The number of anilines is 1. The van der Waals surface area contributed by atoms with Gasteiger partial charge in [0.05, 0.1) is 31.3 Å². The highest BCUT2D eigenvalue weighted by molar-refractivity contribution is 7.92. The molecule has 3 rings (SSSR count). The van der Waals surface area contributed by atoms with Gasteiger partial charge >= 0.3 is 0 Å². The Bertz CT molecular complexity index is 1050. The maximum Gasteiger partial charge on any atom is 0.251 e. The average Bonchev–Trinajstić information content (AvgIpc) is 3.18. The molecule has 0 saturated heterocycles. The lowest BCUT2D eigenvalue weighted by Gasteiger charge is -2.23. The Morgan fingerprint density at radius 2 is 1.79 bits per heavy atom. The molecule has 0 atom stereocenters. The van der Waals surface area contributed by atoms with E-state index in [1.807, 2.05) is 0 Å². The Balaban J connectivity index is 1.76. The van der Waals surface area contributed by atoms with Crippen LogP contribution in [0.5, 0.6) is 0 Å². The Kier molecular flexibility index (Phi) is 6.06. The third-order valence-corrected chi connectivity index (χ3v) is 5.60. The van der Waals surface area contributed by atoms with Gasteiger partial charge in [0.2, 0.25) is 10.0 Å². The van der Waals surface area contributed by atoms with Crippen molar-refractivity contribution in [2.75, 3.05) is 10.6 Å². The third kappa shape index (κ3) is 4.94. The lowest BCUT2D eigenvalue weighted by Crippen LogP contribution is -2.29. The minimum Gasteiger partial charge on any atom is -0.467 e. The summed E-state index contributed by atoms with van der Waals surface area (Å²) in [5.41, 5.74) is 1.56. The van der Waals surface area contributed by atoms with E-state index in [-0.39, 0.29) is 19.0 Å². The summed E-state index contributed by atoms with van der Waals surface area (Å²) in [6.07, 6.45) is 2.67. The molecular weight excluding hydrogens is 400 g/mol. The van der Waals surface area contributed by atoms with Crippen LogP contribution in [0.25, 0.3) is 0 Å². The third-order valence-electron chi connectivity index (χ3n) is 4.09. The zero-order valence-electron chi connectivity index (χ0n) is 15.1. The first-order valence-corrected chi connectivity index (χ1v) is 10.7. The van der Waals surface area contributed by atoms with Gasteiger partial charge in [-0.3, -0.25) is 9.10 Å². The Labute approximate surface area is 168 Å². The average molecular weight is 419 g/mol. The van der Waals surface area contributed by atoms with E-state index in [4.69, 9.17) is 16.0 Å². The van der Waals surface area contributed by atoms with Gasteiger partial charge in [-0.25, -0.2) is 8.42 Å². The molecule has 0 fully saturated rings. The number of carbonyl (C=O) groups excluding carboxylic acids is 1. The second-order valence-corrected chi connectivity index (χ2v) is 8.48. The van der Waals surface area contributed by atoms with Crippen molar-refractivity contribution < 1.29 is 17.6 Å². The van der Waals surface area contributed by atoms with Gasteiger partial charge in [0.1, 0.15) is 5.76 Å². The minimum atomic E-state index is -3.54. The molecule has 3 aromatic rings. The summed E-state index contributed by atoms with van der Waals surface area (Å²) < 4.78 is 31.0. The van der Waals surface area contributed by atoms with Gasteiger partial charge in [0, 0.05) is 10.6 Å². The molecule has 0 radical (unpaired) electrons. The quantitative estimate of drug-likeness (QED) is 0.632. The summed E-state index contributed by atoms with van der Waals surface area (Å²) in [6, 6.07) is 16.9. The molecule has 0 spiro atoms. The normalized spacial score (nSPS) is 11.2. The van der Waals surface area contributed by atoms with Crippen molar-refractivity contribution in [3.05, 3.63) is 88.8 Å². The SMILES string of the molecule is CS(=O)(=O)N(Cc1ccccc1Cl)c1ccc(C(=O)NCc2ccco2)cc1. The highest BCUT2D eigenvalue weighted by Gasteiger charge is 2.19. The molecule has 1 N–H and O–H groups in total. The summed E-state index contributed by atoms with van der Waals surface area (Å²) in [5.74, 6) is 0.368. The lowest BCUT2D eigenvalue weighted by atomic mass is 10.1. The maximum atomic E-state index is 12.3. The molecule has 2 aromatic carbocycles. The van der Waals surface area contributed by atoms with Crippen molar-refractivity contribution in [1.29, 1.82) is 0 Å². The van der Waals surface area contributed by atoms with Gasteiger partial charge in [-0.05, 0) is 48.0 Å². The molecule has 0 bridgehead atoms. The molecular formula is C20H19ClN2O4S. The van der Waals surface area contributed by atoms with Gasteiger partial charge < -0.3 is 9.73 Å². The molecule has 6 nitrogen and oxygen atoms in total. The van der Waals surface area contributed by atoms with E-state index in [2.05, 4.69) is 5.32 Å². The molecule has 0 aliphatic rings. The molecule has 1 aromatic heterocycles. The standard InChI is InChI=1S/C20H19ClN2O4S/c1-28(25,26)23(14-16-5-2-3-7-19(16)21)17-10-8-15(9-11-17)20(24)22-13-18-6-4-12-27-18/h2-12H,13-14H2,1H3,(H,22,24). The molecule has 0 aliphatic carbocycles. The number of sulfonamides is 1. The van der Waals surface area contributed by atoms with Crippen LogP contribution in [0.15, 0.2) is 71.3 Å². The number of halogens is 1. The van der Waals surface area contributed by atoms with E-state index in [0.29, 0.717) is 27.6 Å². The predicted octanol–water partition coefficient (Wildman–Crippen LogP) is 3.83. The summed E-state index contributed by atoms with van der Waals surface area (Å²) in [5, 5.41) is 3.24. The largest absolute Gasteiger partial charge is 0.467 e. The van der Waals surface area contributed by atoms with Crippen molar-refractivity contribution in [3.8, 4) is 0 Å². The van der Waals surface area contributed by atoms with Gasteiger partial charge in [0.25, 0.3) is 5.91 Å². The van der Waals surface area contributed by atoms with Gasteiger partial charge in [0.15, 0.2) is 0 Å². The first-order valence-electron chi connectivity index (χ1n) is 8.46. The summed E-state index contributed by atoms with van der Waals surface area (Å²) in [4.78, 5) is 12.3. The smallest absolute Gasteiger partial charge is 0.251 e. The van der Waals surface area contributed by atoms with E-state index in [0.717, 1.165) is 6.26 Å². The first-order chi connectivity index (χ1) is 13.3. The minimum absolute atomic E-state index is 0.0997. The Morgan fingerprint density at radius 1 is 1.07 bits per heavy atom. The number of carbonyl (C=O) groups is 1. The number of nitrogens with zero attached hydrogens (tertiary/aromatic N) is 1. The van der Waals surface area contributed by atoms with Crippen molar-refractivity contribution in [2.24, 2.45) is 0 Å². The topological polar surface area (TPSA) is 79.6 Å². The molecule has 0 saturated carbocycles. The highest BCUT2D eigenvalue weighted by Crippen LogP contribution is 2.24. The van der Waals surface area contributed by atoms with E-state index in [1.54, 1.807) is 60.7 Å². The Morgan fingerprint density at radius 3 is 2.39 bits per heavy atom. The van der Waals surface area contributed by atoms with E-state index >= 15 is 0 Å². The molecule has 1 amide bonds. The highest BCUT2D eigenvalue weighted by atomic mass is 35.5. The lowest BCUT2D eigenvalue weighted by molar-refractivity contribution is 0.0948. The van der Waals surface area contributed by atoms with Crippen LogP contribution >= 0.6 is 11.6 Å². The van der Waals surface area contributed by atoms with Gasteiger partial charge in [-0.2, -0.15) is 0 Å². The van der Waals surface area contributed by atoms with Crippen LogP contribution in [-0.2, 0) is 23.1 Å². The van der Waals surface area contributed by atoms with Gasteiger partial charge in [-0.1, -0.05) is 29.8 Å². The van der Waals surface area contributed by atoms with Crippen LogP contribution in [0.1, 0.15) is 21.7 Å². The fourth-order valence-electron chi connectivity index (χ4n) is 2.64. The predicted molar refractivity (Wildman–Crippen MR) is 109 cm³/mol. The van der Waals surface area contributed by atoms with Crippen LogP contribution in [-0.4, -0.2) is 20.6 Å². The van der Waals surface area contributed by atoms with Crippen molar-refractivity contribution in [3.63, 3.8) is 0 Å². The van der Waals surface area contributed by atoms with Crippen LogP contribution < -0.4 is 9.62 Å². The van der Waals surface area contributed by atoms with Crippen molar-refractivity contribution in [2.45, 2.75) is 13.1 Å². The number of hydrogen-bond donors (Lipinski definition) is 1. The second-order valence-electron chi connectivity index (χ2n) is 6.17. The zero-order valence-corrected chi connectivity index (χ0v) is 16.7. The van der Waals surface area contributed by atoms with Crippen LogP contribution in [0.4, 0.5) is 5.69 Å². The number of hydrogen-bond acceptors (Lipinski definition) is 4. The van der Waals surface area contributed by atoms with Crippen molar-refractivity contribution >= 4 is 33.2 Å². The fourth-order valence-corrected chi connectivity index (χ4v) is 3.72. The van der Waals surface area contributed by atoms with E-state index in [9.17, 15) is 13.2 Å². The van der Waals surface area contributed by atoms with E-state index < -0.39 is 10.0 Å². The summed E-state index contributed by atoms with van der Waals surface area (Å²) in [6.45, 7) is 0.373. The molecule has 0 unspecified atom stereocenters.